The fourth-order valence-electron chi connectivity index (χ4n) is 3.20. The molecule has 0 bridgehead atoms. The number of furan rings is 1. The molecule has 3 rings (SSSR count). The average Bonchev–Trinajstić information content (AvgIpc) is 3.30. The van der Waals surface area contributed by atoms with Crippen molar-refractivity contribution in [3.05, 3.63) is 76.0 Å². The molecule has 152 valence electrons. The van der Waals surface area contributed by atoms with E-state index in [9.17, 15) is 9.59 Å². The molecule has 0 atom stereocenters. The number of carbonyl (C=O) groups is 2. The number of hydrogen-bond acceptors (Lipinski definition) is 5. The maximum Gasteiger partial charge on any atom is 0.310 e. The molecule has 1 aromatic carbocycles. The van der Waals surface area contributed by atoms with Crippen LogP contribution in [0, 0.1) is 13.8 Å². The minimum absolute atomic E-state index is 0.0332. The van der Waals surface area contributed by atoms with E-state index in [-0.39, 0.29) is 18.8 Å². The first-order valence-electron chi connectivity index (χ1n) is 9.09. The normalized spacial score (nSPS) is 10.8. The predicted octanol–water partition coefficient (Wildman–Crippen LogP) is 4.38. The largest absolute Gasteiger partial charge is 0.496 e. The van der Waals surface area contributed by atoms with E-state index in [1.54, 1.807) is 30.5 Å². The first kappa shape index (κ1) is 20.7. The number of hydrogen-bond donors (Lipinski definition) is 0. The van der Waals surface area contributed by atoms with Gasteiger partial charge < -0.3 is 18.5 Å². The summed E-state index contributed by atoms with van der Waals surface area (Å²) < 4.78 is 17.8. The number of esters is 1. The molecule has 0 saturated heterocycles. The smallest absolute Gasteiger partial charge is 0.310 e. The number of carbonyl (C=O) groups excluding carboxylic acids is 2. The average molecular weight is 416 g/mol. The second-order valence-corrected chi connectivity index (χ2v) is 7.10. The molecule has 2 heterocycles. The Morgan fingerprint density at radius 3 is 2.66 bits per heavy atom. The van der Waals surface area contributed by atoms with Crippen molar-refractivity contribution < 1.29 is 23.5 Å². The number of ketones is 1. The molecule has 2 aromatic heterocycles. The third-order valence-corrected chi connectivity index (χ3v) is 4.94. The van der Waals surface area contributed by atoms with Gasteiger partial charge in [-0.1, -0.05) is 11.6 Å². The van der Waals surface area contributed by atoms with Gasteiger partial charge >= 0.3 is 5.97 Å². The van der Waals surface area contributed by atoms with Crippen molar-refractivity contribution in [3.63, 3.8) is 0 Å². The summed E-state index contributed by atoms with van der Waals surface area (Å²) in [5.41, 5.74) is 2.87. The molecule has 0 aliphatic heterocycles. The van der Waals surface area contributed by atoms with Gasteiger partial charge in [-0.2, -0.15) is 0 Å². The van der Waals surface area contributed by atoms with Crippen molar-refractivity contribution in [2.45, 2.75) is 26.8 Å². The Kier molecular flexibility index (Phi) is 6.44. The van der Waals surface area contributed by atoms with Crippen LogP contribution in [-0.4, -0.2) is 30.0 Å². The highest BCUT2D eigenvalue weighted by atomic mass is 35.5. The van der Waals surface area contributed by atoms with Crippen molar-refractivity contribution in [1.29, 1.82) is 0 Å². The van der Waals surface area contributed by atoms with E-state index in [0.717, 1.165) is 17.1 Å². The van der Waals surface area contributed by atoms with E-state index in [2.05, 4.69) is 0 Å². The number of nitrogens with zero attached hydrogens (tertiary/aromatic N) is 1. The maximum absolute atomic E-state index is 12.6. The quantitative estimate of drug-likeness (QED) is 0.403. The molecule has 0 amide bonds. The van der Waals surface area contributed by atoms with Crippen molar-refractivity contribution in [2.75, 3.05) is 13.7 Å². The summed E-state index contributed by atoms with van der Waals surface area (Å²) in [7, 11) is 1.51. The molecular formula is C22H22ClNO5. The van der Waals surface area contributed by atoms with Crippen LogP contribution in [0.4, 0.5) is 0 Å². The number of rotatable bonds is 8. The van der Waals surface area contributed by atoms with Crippen LogP contribution in [0.2, 0.25) is 5.02 Å². The first-order chi connectivity index (χ1) is 13.9. The molecule has 0 radical (unpaired) electrons. The molecule has 3 aromatic rings. The number of benzene rings is 1. The van der Waals surface area contributed by atoms with Gasteiger partial charge in [0.05, 0.1) is 26.3 Å². The summed E-state index contributed by atoms with van der Waals surface area (Å²) in [5, 5.41) is 0.494. The summed E-state index contributed by atoms with van der Waals surface area (Å²) in [6.07, 6.45) is 1.58. The topological polar surface area (TPSA) is 70.7 Å². The Morgan fingerprint density at radius 1 is 1.17 bits per heavy atom. The second-order valence-electron chi connectivity index (χ2n) is 6.67. The maximum atomic E-state index is 12.6. The summed E-state index contributed by atoms with van der Waals surface area (Å²) in [6, 6.07) is 10.5. The fraction of sp³-hybridized carbons (Fsp3) is 0.273. The lowest BCUT2D eigenvalue weighted by Gasteiger charge is -2.09. The van der Waals surface area contributed by atoms with Crippen LogP contribution in [-0.2, 0) is 22.5 Å². The number of aryl methyl sites for hydroxylation is 1. The van der Waals surface area contributed by atoms with Gasteiger partial charge in [-0.15, -0.1) is 0 Å². The van der Waals surface area contributed by atoms with Gasteiger partial charge in [-0.25, -0.2) is 0 Å². The Bertz CT molecular complexity index is 1020. The lowest BCUT2D eigenvalue weighted by atomic mass is 10.1. The van der Waals surface area contributed by atoms with Crippen molar-refractivity contribution in [2.24, 2.45) is 0 Å². The first-order valence-corrected chi connectivity index (χ1v) is 9.47. The SMILES string of the molecule is COc1ccc(Cl)cc1CC(=O)OCC(=O)c1cc(C)n(Cc2ccco2)c1C. The lowest BCUT2D eigenvalue weighted by molar-refractivity contribution is -0.141. The van der Waals surface area contributed by atoms with E-state index in [1.165, 1.54) is 7.11 Å². The van der Waals surface area contributed by atoms with Crippen LogP contribution in [0.25, 0.3) is 0 Å². The number of aromatic nitrogens is 1. The van der Waals surface area contributed by atoms with Crippen LogP contribution < -0.4 is 4.74 Å². The molecule has 0 unspecified atom stereocenters. The van der Waals surface area contributed by atoms with E-state index in [4.69, 9.17) is 25.5 Å². The van der Waals surface area contributed by atoms with Crippen LogP contribution in [0.5, 0.6) is 5.75 Å². The standard InChI is InChI=1S/C22H22ClNO5/c1-14-9-19(15(2)24(14)12-18-5-4-8-28-18)20(25)13-29-22(26)11-16-10-17(23)6-7-21(16)27-3/h4-10H,11-13H2,1-3H3. The minimum Gasteiger partial charge on any atom is -0.496 e. The van der Waals surface area contributed by atoms with Gasteiger partial charge in [0.1, 0.15) is 11.5 Å². The number of ether oxygens (including phenoxy) is 2. The Morgan fingerprint density at radius 2 is 1.97 bits per heavy atom. The van der Waals surface area contributed by atoms with Crippen molar-refractivity contribution >= 4 is 23.4 Å². The molecule has 0 N–H and O–H groups in total. The highest BCUT2D eigenvalue weighted by Crippen LogP contribution is 2.23. The highest BCUT2D eigenvalue weighted by Gasteiger charge is 2.19. The number of halogens is 1. The molecule has 0 aliphatic carbocycles. The minimum atomic E-state index is -0.525. The third kappa shape index (κ3) is 4.90. The Labute approximate surface area is 174 Å². The van der Waals surface area contributed by atoms with Gasteiger partial charge in [-0.05, 0) is 50.2 Å². The van der Waals surface area contributed by atoms with Gasteiger partial charge in [0.25, 0.3) is 0 Å². The van der Waals surface area contributed by atoms with Gasteiger partial charge in [0, 0.05) is 27.5 Å². The molecule has 0 saturated carbocycles. The lowest BCUT2D eigenvalue weighted by Crippen LogP contribution is -2.16. The van der Waals surface area contributed by atoms with E-state index in [1.807, 2.05) is 30.5 Å². The van der Waals surface area contributed by atoms with E-state index < -0.39 is 5.97 Å². The van der Waals surface area contributed by atoms with Gasteiger partial charge in [0.15, 0.2) is 6.61 Å². The number of methoxy groups -OCH3 is 1. The molecule has 6 nitrogen and oxygen atoms in total. The Hall–Kier alpha value is -2.99. The van der Waals surface area contributed by atoms with Crippen molar-refractivity contribution in [3.8, 4) is 5.75 Å². The molecule has 0 fully saturated rings. The van der Waals surface area contributed by atoms with Gasteiger partial charge in [0.2, 0.25) is 5.78 Å². The van der Waals surface area contributed by atoms with Crippen LogP contribution in [0.1, 0.15) is 33.1 Å². The van der Waals surface area contributed by atoms with Crippen LogP contribution >= 0.6 is 11.6 Å². The summed E-state index contributed by atoms with van der Waals surface area (Å²) in [5.74, 6) is 0.561. The Balaban J connectivity index is 1.64. The zero-order valence-electron chi connectivity index (χ0n) is 16.5. The summed E-state index contributed by atoms with van der Waals surface area (Å²) >= 11 is 5.98. The number of Topliss-reactive ketones (excluding diaryl/α,β-unsaturated/α-hetero) is 1. The summed E-state index contributed by atoms with van der Waals surface area (Å²) in [6.45, 7) is 3.99. The highest BCUT2D eigenvalue weighted by molar-refractivity contribution is 6.30. The predicted molar refractivity (Wildman–Crippen MR) is 109 cm³/mol. The fourth-order valence-corrected chi connectivity index (χ4v) is 3.40. The van der Waals surface area contributed by atoms with Gasteiger partial charge in [-0.3, -0.25) is 9.59 Å². The monoisotopic (exact) mass is 415 g/mol. The van der Waals surface area contributed by atoms with Crippen molar-refractivity contribution in [1.82, 2.24) is 4.57 Å². The molecule has 7 heteroatoms. The third-order valence-electron chi connectivity index (χ3n) is 4.71. The summed E-state index contributed by atoms with van der Waals surface area (Å²) in [4.78, 5) is 24.8. The molecule has 0 spiro atoms. The van der Waals surface area contributed by atoms with Crippen LogP contribution in [0.15, 0.2) is 47.1 Å². The molecule has 0 aliphatic rings. The molecule has 29 heavy (non-hydrogen) atoms. The van der Waals surface area contributed by atoms with Crippen LogP contribution in [0.3, 0.4) is 0 Å². The zero-order chi connectivity index (χ0) is 21.0. The zero-order valence-corrected chi connectivity index (χ0v) is 17.3. The molecular weight excluding hydrogens is 394 g/mol. The van der Waals surface area contributed by atoms with E-state index in [0.29, 0.717) is 28.4 Å². The van der Waals surface area contributed by atoms with E-state index >= 15 is 0 Å². The second kappa shape index (κ2) is 9.01.